The summed E-state index contributed by atoms with van der Waals surface area (Å²) >= 11 is 1.13. The molecule has 4 aromatic rings. The van der Waals surface area contributed by atoms with Crippen molar-refractivity contribution in [3.63, 3.8) is 0 Å². The van der Waals surface area contributed by atoms with Gasteiger partial charge >= 0.3 is 6.03 Å². The number of hydrogen-bond acceptors (Lipinski definition) is 7. The van der Waals surface area contributed by atoms with Gasteiger partial charge in [-0.1, -0.05) is 55.5 Å². The fraction of sp³-hybridized carbons (Fsp3) is 0.290. The van der Waals surface area contributed by atoms with Crippen LogP contribution in [0.25, 0.3) is 10.8 Å². The van der Waals surface area contributed by atoms with Gasteiger partial charge in [-0.2, -0.15) is 4.31 Å². The molecule has 10 nitrogen and oxygen atoms in total. The number of hydrogen-bond donors (Lipinski definition) is 3. The van der Waals surface area contributed by atoms with E-state index in [1.165, 1.54) is 11.4 Å². The highest BCUT2D eigenvalue weighted by Gasteiger charge is 2.36. The van der Waals surface area contributed by atoms with Crippen molar-refractivity contribution < 1.29 is 27.9 Å². The molecule has 3 aromatic carbocycles. The molecule has 3 N–H and O–H groups in total. The Labute approximate surface area is 254 Å². The van der Waals surface area contributed by atoms with Gasteiger partial charge in [-0.3, -0.25) is 4.79 Å². The topological polar surface area (TPSA) is 128 Å². The molecule has 1 aliphatic rings. The first kappa shape index (κ1) is 30.5. The van der Waals surface area contributed by atoms with Crippen molar-refractivity contribution in [1.82, 2.24) is 9.21 Å². The van der Waals surface area contributed by atoms with Gasteiger partial charge in [0.2, 0.25) is 0 Å². The van der Waals surface area contributed by atoms with Crippen LogP contribution in [0.3, 0.4) is 0 Å². The lowest BCUT2D eigenvalue weighted by Gasteiger charge is -2.38. The molecule has 0 spiro atoms. The zero-order chi connectivity index (χ0) is 30.7. The minimum absolute atomic E-state index is 0.00703. The SMILES string of the molecule is C[C@@H]1CN([C@H](C)CO)C(=O)c2cccc(NC(=O)Nc3cccc4ccccc34)c2O[C@@H]1CN(C)S(=O)(=O)c1cccs1. The van der Waals surface area contributed by atoms with E-state index in [1.807, 2.05) is 43.3 Å². The number of thiophene rings is 1. The van der Waals surface area contributed by atoms with Crippen LogP contribution in [0.2, 0.25) is 0 Å². The molecule has 12 heteroatoms. The Bertz CT molecular complexity index is 1720. The predicted octanol–water partition coefficient (Wildman–Crippen LogP) is 5.09. The number of nitrogens with zero attached hydrogens (tertiary/aromatic N) is 2. The van der Waals surface area contributed by atoms with Crippen LogP contribution in [0.15, 0.2) is 82.4 Å². The molecule has 0 aliphatic carbocycles. The Balaban J connectivity index is 1.48. The minimum Gasteiger partial charge on any atom is -0.486 e. The summed E-state index contributed by atoms with van der Waals surface area (Å²) in [6, 6.07) is 20.3. The van der Waals surface area contributed by atoms with Crippen molar-refractivity contribution in [2.24, 2.45) is 5.92 Å². The van der Waals surface area contributed by atoms with Gasteiger partial charge in [0.1, 0.15) is 10.3 Å². The van der Waals surface area contributed by atoms with Crippen LogP contribution in [0.1, 0.15) is 24.2 Å². The van der Waals surface area contributed by atoms with Crippen LogP contribution in [0.4, 0.5) is 16.2 Å². The Morgan fingerprint density at radius 2 is 1.77 bits per heavy atom. The van der Waals surface area contributed by atoms with Gasteiger partial charge in [0.15, 0.2) is 5.75 Å². The largest absolute Gasteiger partial charge is 0.486 e. The van der Waals surface area contributed by atoms with Crippen LogP contribution in [0.5, 0.6) is 5.75 Å². The van der Waals surface area contributed by atoms with Gasteiger partial charge in [-0.15, -0.1) is 11.3 Å². The molecule has 0 fully saturated rings. The molecule has 1 aromatic heterocycles. The van der Waals surface area contributed by atoms with Gasteiger partial charge in [0.05, 0.1) is 36.1 Å². The quantitative estimate of drug-likeness (QED) is 0.251. The Morgan fingerprint density at radius 3 is 2.51 bits per heavy atom. The van der Waals surface area contributed by atoms with Gasteiger partial charge in [-0.25, -0.2) is 13.2 Å². The third-order valence-corrected chi connectivity index (χ3v) is 10.8. The maximum atomic E-state index is 13.8. The lowest BCUT2D eigenvalue weighted by Crippen LogP contribution is -2.50. The third kappa shape index (κ3) is 6.37. The molecule has 3 amide bonds. The molecule has 0 saturated heterocycles. The number of anilines is 2. The Morgan fingerprint density at radius 1 is 1.07 bits per heavy atom. The van der Waals surface area contributed by atoms with E-state index in [1.54, 1.807) is 53.6 Å². The van der Waals surface area contributed by atoms with Gasteiger partial charge in [0.25, 0.3) is 15.9 Å². The highest BCUT2D eigenvalue weighted by molar-refractivity contribution is 7.91. The predicted molar refractivity (Wildman–Crippen MR) is 168 cm³/mol. The smallest absolute Gasteiger partial charge is 0.323 e. The average molecular weight is 623 g/mol. The van der Waals surface area contributed by atoms with E-state index < -0.39 is 28.2 Å². The van der Waals surface area contributed by atoms with Crippen LogP contribution in [-0.2, 0) is 10.0 Å². The maximum Gasteiger partial charge on any atom is 0.323 e. The molecular weight excluding hydrogens is 588 g/mol. The molecule has 43 heavy (non-hydrogen) atoms. The summed E-state index contributed by atoms with van der Waals surface area (Å²) in [5, 5.41) is 19.2. The highest BCUT2D eigenvalue weighted by atomic mass is 32.2. The fourth-order valence-corrected chi connectivity index (χ4v) is 7.47. The standard InChI is InChI=1S/C31H34N4O6S2/c1-20-17-35(21(2)19-36)30(37)24-12-7-14-26(33-31(38)32-25-13-6-10-22-9-4-5-11-23(22)25)29(24)41-27(20)18-34(3)43(39,40)28-15-8-16-42-28/h4-16,20-21,27,36H,17-19H2,1-3H3,(H2,32,33,38)/t20-,21-,27-/m1/s1. The summed E-state index contributed by atoms with van der Waals surface area (Å²) < 4.78 is 34.4. The zero-order valence-electron chi connectivity index (χ0n) is 24.1. The van der Waals surface area contributed by atoms with E-state index in [9.17, 15) is 23.1 Å². The van der Waals surface area contributed by atoms with Crippen molar-refractivity contribution in [1.29, 1.82) is 0 Å². The molecule has 1 aliphatic heterocycles. The average Bonchev–Trinajstić information content (AvgIpc) is 3.55. The molecule has 0 radical (unpaired) electrons. The summed E-state index contributed by atoms with van der Waals surface area (Å²) in [5.41, 5.74) is 1.06. The molecular formula is C31H34N4O6S2. The van der Waals surface area contributed by atoms with Crippen molar-refractivity contribution in [2.75, 3.05) is 37.4 Å². The molecule has 226 valence electrons. The van der Waals surface area contributed by atoms with E-state index in [0.29, 0.717) is 5.69 Å². The summed E-state index contributed by atoms with van der Waals surface area (Å²) in [4.78, 5) is 28.6. The minimum atomic E-state index is -3.77. The van der Waals surface area contributed by atoms with E-state index in [2.05, 4.69) is 10.6 Å². The molecule has 3 atom stereocenters. The number of ether oxygens (including phenoxy) is 1. The number of fused-ring (bicyclic) bond motifs is 2. The number of carbonyl (C=O) groups is 2. The first-order chi connectivity index (χ1) is 20.6. The molecule has 0 saturated carbocycles. The number of nitrogens with one attached hydrogen (secondary N) is 2. The normalized spacial score (nSPS) is 18.0. The number of sulfonamides is 1. The lowest BCUT2D eigenvalue weighted by atomic mass is 9.99. The van der Waals surface area contributed by atoms with Crippen molar-refractivity contribution >= 4 is 55.4 Å². The number of urea groups is 1. The third-order valence-electron chi connectivity index (χ3n) is 7.57. The number of rotatable bonds is 8. The summed E-state index contributed by atoms with van der Waals surface area (Å²) in [6.07, 6.45) is -0.691. The first-order valence-corrected chi connectivity index (χ1v) is 16.2. The van der Waals surface area contributed by atoms with E-state index in [0.717, 1.165) is 22.1 Å². The zero-order valence-corrected chi connectivity index (χ0v) is 25.7. The number of benzene rings is 3. The second-order valence-corrected chi connectivity index (χ2v) is 13.8. The van der Waals surface area contributed by atoms with E-state index in [4.69, 9.17) is 4.74 Å². The number of aliphatic hydroxyl groups is 1. The monoisotopic (exact) mass is 622 g/mol. The second-order valence-electron chi connectivity index (χ2n) is 10.6. The molecule has 0 bridgehead atoms. The van der Waals surface area contributed by atoms with Crippen LogP contribution >= 0.6 is 11.3 Å². The van der Waals surface area contributed by atoms with Crippen LogP contribution in [-0.4, -0.2) is 73.6 Å². The first-order valence-electron chi connectivity index (χ1n) is 13.9. The highest BCUT2D eigenvalue weighted by Crippen LogP contribution is 2.36. The number of aliphatic hydroxyl groups excluding tert-OH is 1. The van der Waals surface area contributed by atoms with Gasteiger partial charge < -0.3 is 25.4 Å². The summed E-state index contributed by atoms with van der Waals surface area (Å²) in [5.74, 6) is -0.557. The molecule has 0 unspecified atom stereocenters. The van der Waals surface area contributed by atoms with Gasteiger partial charge in [0, 0.05) is 24.9 Å². The second kappa shape index (κ2) is 12.7. The van der Waals surface area contributed by atoms with Crippen molar-refractivity contribution in [3.8, 4) is 5.75 Å². The van der Waals surface area contributed by atoms with Crippen LogP contribution in [0, 0.1) is 5.92 Å². The van der Waals surface area contributed by atoms with Gasteiger partial charge in [-0.05, 0) is 42.0 Å². The summed E-state index contributed by atoms with van der Waals surface area (Å²) in [6.45, 7) is 3.59. The fourth-order valence-electron chi connectivity index (χ4n) is 5.09. The number of para-hydroxylation sites is 1. The Kier molecular flexibility index (Phi) is 9.02. The van der Waals surface area contributed by atoms with Crippen LogP contribution < -0.4 is 15.4 Å². The maximum absolute atomic E-state index is 13.8. The van der Waals surface area contributed by atoms with Crippen molar-refractivity contribution in [3.05, 3.63) is 83.7 Å². The van der Waals surface area contributed by atoms with E-state index in [-0.39, 0.29) is 52.7 Å². The van der Waals surface area contributed by atoms with Crippen molar-refractivity contribution in [2.45, 2.75) is 30.2 Å². The number of likely N-dealkylation sites (N-methyl/N-ethyl adjacent to an activating group) is 1. The number of carbonyl (C=O) groups excluding carboxylic acids is 2. The number of amides is 3. The summed E-state index contributed by atoms with van der Waals surface area (Å²) in [7, 11) is -2.28. The lowest BCUT2D eigenvalue weighted by molar-refractivity contribution is 0.0389. The Hall–Kier alpha value is -3.97. The van der Waals surface area contributed by atoms with E-state index >= 15 is 0 Å². The molecule has 5 rings (SSSR count). The molecule has 2 heterocycles.